The van der Waals surface area contributed by atoms with Crippen molar-refractivity contribution in [2.45, 2.75) is 44.7 Å². The molecule has 4 rings (SSSR count). The molecule has 11 nitrogen and oxygen atoms in total. The lowest BCUT2D eigenvalue weighted by Gasteiger charge is -2.19. The summed E-state index contributed by atoms with van der Waals surface area (Å²) in [5.74, 6) is -3.18. The standard InChI is InChI=1S/C17H24N6O.2C2HF3O2/c1-21-7-5-18-16(21)17(24)20-11-14-10-19-15-4-6-22(8-9-23(14)15)12-13-2-3-13;2*3-2(4,5)1(6)7/h5,7,10,13H,2-4,6,8-9,11-12H2,1H3,(H,20,24);2*(H,6,7). The molecule has 2 aromatic rings. The number of imidazole rings is 2. The van der Waals surface area contributed by atoms with Gasteiger partial charge in [0.15, 0.2) is 5.82 Å². The molecule has 2 aromatic heterocycles. The maximum absolute atomic E-state index is 12.2. The highest BCUT2D eigenvalue weighted by molar-refractivity contribution is 5.90. The number of rotatable bonds is 5. The lowest BCUT2D eigenvalue weighted by Crippen LogP contribution is -2.30. The molecule has 3 heterocycles. The van der Waals surface area contributed by atoms with E-state index in [1.54, 1.807) is 17.0 Å². The topological polar surface area (TPSA) is 143 Å². The molecule has 0 aromatic carbocycles. The van der Waals surface area contributed by atoms with E-state index in [1.165, 1.54) is 19.4 Å². The van der Waals surface area contributed by atoms with Gasteiger partial charge in [0.05, 0.1) is 18.4 Å². The largest absolute Gasteiger partial charge is 0.490 e. The van der Waals surface area contributed by atoms with Gasteiger partial charge in [0.2, 0.25) is 0 Å². The van der Waals surface area contributed by atoms with Gasteiger partial charge in [0.1, 0.15) is 5.82 Å². The van der Waals surface area contributed by atoms with Crippen LogP contribution in [-0.2, 0) is 36.1 Å². The maximum Gasteiger partial charge on any atom is 0.490 e. The number of amides is 1. The van der Waals surface area contributed by atoms with Gasteiger partial charge in [-0.25, -0.2) is 19.6 Å². The van der Waals surface area contributed by atoms with Gasteiger partial charge in [0, 0.05) is 52.0 Å². The molecule has 38 heavy (non-hydrogen) atoms. The van der Waals surface area contributed by atoms with Crippen LogP contribution in [0, 0.1) is 5.92 Å². The summed E-state index contributed by atoms with van der Waals surface area (Å²) in [5, 5.41) is 17.2. The quantitative estimate of drug-likeness (QED) is 0.476. The third kappa shape index (κ3) is 9.68. The number of halogens is 6. The Kier molecular flexibility index (Phi) is 10.3. The van der Waals surface area contributed by atoms with Gasteiger partial charge in [-0.1, -0.05) is 0 Å². The predicted octanol–water partition coefficient (Wildman–Crippen LogP) is 2.08. The van der Waals surface area contributed by atoms with Crippen molar-refractivity contribution < 1.29 is 50.9 Å². The minimum absolute atomic E-state index is 0.151. The molecular weight excluding hydrogens is 530 g/mol. The van der Waals surface area contributed by atoms with E-state index in [9.17, 15) is 31.1 Å². The molecule has 1 fully saturated rings. The SMILES string of the molecule is Cn1ccnc1C(=O)NCc1cnc2n1CCN(CC1CC1)CC2.O=C(O)C(F)(F)F.O=C(O)C(F)(F)F. The van der Waals surface area contributed by atoms with Crippen LogP contribution >= 0.6 is 0 Å². The van der Waals surface area contributed by atoms with E-state index in [0.717, 1.165) is 43.5 Å². The zero-order chi connectivity index (χ0) is 28.7. The average molecular weight is 556 g/mol. The van der Waals surface area contributed by atoms with Crippen LogP contribution in [0.15, 0.2) is 18.6 Å². The van der Waals surface area contributed by atoms with Crippen molar-refractivity contribution in [2.75, 3.05) is 19.6 Å². The maximum atomic E-state index is 12.2. The molecule has 212 valence electrons. The molecule has 0 saturated heterocycles. The van der Waals surface area contributed by atoms with E-state index >= 15 is 0 Å². The molecule has 0 spiro atoms. The summed E-state index contributed by atoms with van der Waals surface area (Å²) >= 11 is 0. The zero-order valence-electron chi connectivity index (χ0n) is 20.1. The van der Waals surface area contributed by atoms with Gasteiger partial charge in [-0.15, -0.1) is 0 Å². The second-order valence-corrected chi connectivity index (χ2v) is 8.46. The molecule has 1 aliphatic carbocycles. The Hall–Kier alpha value is -3.63. The van der Waals surface area contributed by atoms with Crippen molar-refractivity contribution in [1.29, 1.82) is 0 Å². The number of carbonyl (C=O) groups excluding carboxylic acids is 1. The third-order valence-electron chi connectivity index (χ3n) is 5.46. The Morgan fingerprint density at radius 1 is 1.00 bits per heavy atom. The van der Waals surface area contributed by atoms with Crippen LogP contribution in [0.25, 0.3) is 0 Å². The summed E-state index contributed by atoms with van der Waals surface area (Å²) in [4.78, 5) is 41.2. The number of alkyl halides is 6. The molecule has 0 atom stereocenters. The van der Waals surface area contributed by atoms with E-state index in [-0.39, 0.29) is 5.91 Å². The van der Waals surface area contributed by atoms with Crippen molar-refractivity contribution in [1.82, 2.24) is 29.3 Å². The number of fused-ring (bicyclic) bond motifs is 1. The Bertz CT molecular complexity index is 1080. The number of hydrogen-bond donors (Lipinski definition) is 3. The Labute approximate surface area is 212 Å². The lowest BCUT2D eigenvalue weighted by molar-refractivity contribution is -0.193. The van der Waals surface area contributed by atoms with Crippen LogP contribution in [0.5, 0.6) is 0 Å². The second-order valence-electron chi connectivity index (χ2n) is 8.46. The lowest BCUT2D eigenvalue weighted by atomic mass is 10.3. The van der Waals surface area contributed by atoms with Gasteiger partial charge in [0.25, 0.3) is 5.91 Å². The molecule has 1 saturated carbocycles. The number of aliphatic carboxylic acids is 2. The molecule has 17 heteroatoms. The highest BCUT2D eigenvalue weighted by Gasteiger charge is 2.38. The first-order valence-electron chi connectivity index (χ1n) is 11.2. The number of carboxylic acid groups (broad SMARTS) is 2. The smallest absolute Gasteiger partial charge is 0.475 e. The Morgan fingerprint density at radius 2 is 1.58 bits per heavy atom. The normalized spacial score (nSPS) is 15.7. The van der Waals surface area contributed by atoms with E-state index in [2.05, 4.69) is 24.8 Å². The monoisotopic (exact) mass is 556 g/mol. The molecule has 0 unspecified atom stereocenters. The van der Waals surface area contributed by atoms with Gasteiger partial charge in [-0.2, -0.15) is 26.3 Å². The summed E-state index contributed by atoms with van der Waals surface area (Å²) in [6.45, 7) is 4.83. The number of aromatic nitrogens is 4. The minimum atomic E-state index is -5.08. The van der Waals surface area contributed by atoms with E-state index < -0.39 is 24.3 Å². The molecular formula is C21H26F6N6O5. The summed E-state index contributed by atoms with van der Waals surface area (Å²) < 4.78 is 67.5. The first-order chi connectivity index (χ1) is 17.6. The Morgan fingerprint density at radius 3 is 2.05 bits per heavy atom. The second kappa shape index (κ2) is 12.7. The summed E-state index contributed by atoms with van der Waals surface area (Å²) in [5.41, 5.74) is 1.07. The van der Waals surface area contributed by atoms with E-state index in [4.69, 9.17) is 19.8 Å². The summed E-state index contributed by atoms with van der Waals surface area (Å²) in [7, 11) is 1.82. The predicted molar refractivity (Wildman–Crippen MR) is 117 cm³/mol. The van der Waals surface area contributed by atoms with Crippen molar-refractivity contribution in [3.05, 3.63) is 35.9 Å². The van der Waals surface area contributed by atoms with Crippen LogP contribution in [0.3, 0.4) is 0 Å². The van der Waals surface area contributed by atoms with Crippen molar-refractivity contribution in [3.8, 4) is 0 Å². The average Bonchev–Trinajstić information content (AvgIpc) is 3.45. The number of nitrogens with zero attached hydrogens (tertiary/aromatic N) is 5. The van der Waals surface area contributed by atoms with E-state index in [1.807, 2.05) is 13.2 Å². The molecule has 0 radical (unpaired) electrons. The third-order valence-corrected chi connectivity index (χ3v) is 5.46. The van der Waals surface area contributed by atoms with E-state index in [0.29, 0.717) is 12.4 Å². The van der Waals surface area contributed by atoms with Crippen molar-refractivity contribution >= 4 is 17.8 Å². The Balaban J connectivity index is 0.000000301. The number of carbonyl (C=O) groups is 3. The zero-order valence-corrected chi connectivity index (χ0v) is 20.1. The van der Waals surface area contributed by atoms with Crippen LogP contribution < -0.4 is 5.32 Å². The fourth-order valence-electron chi connectivity index (χ4n) is 3.36. The van der Waals surface area contributed by atoms with Crippen molar-refractivity contribution in [2.24, 2.45) is 13.0 Å². The molecule has 2 aliphatic rings. The number of hydrogen-bond acceptors (Lipinski definition) is 6. The van der Waals surface area contributed by atoms with Crippen LogP contribution in [0.1, 0.15) is 35.0 Å². The van der Waals surface area contributed by atoms with Crippen molar-refractivity contribution in [3.63, 3.8) is 0 Å². The first-order valence-corrected chi connectivity index (χ1v) is 11.2. The van der Waals surface area contributed by atoms with Gasteiger partial charge in [-0.05, 0) is 18.8 Å². The number of carboxylic acids is 2. The fraction of sp³-hybridized carbons (Fsp3) is 0.571. The van der Waals surface area contributed by atoms with Crippen LogP contribution in [0.4, 0.5) is 26.3 Å². The molecule has 1 aliphatic heterocycles. The molecule has 1 amide bonds. The van der Waals surface area contributed by atoms with Crippen LogP contribution in [-0.4, -0.2) is 84.0 Å². The first kappa shape index (κ1) is 30.6. The number of nitrogens with one attached hydrogen (secondary N) is 1. The highest BCUT2D eigenvalue weighted by Crippen LogP contribution is 2.30. The highest BCUT2D eigenvalue weighted by atomic mass is 19.4. The van der Waals surface area contributed by atoms with Gasteiger partial charge in [-0.3, -0.25) is 4.79 Å². The summed E-state index contributed by atoms with van der Waals surface area (Å²) in [6, 6.07) is 0. The number of aryl methyl sites for hydroxylation is 1. The minimum Gasteiger partial charge on any atom is -0.475 e. The van der Waals surface area contributed by atoms with Crippen LogP contribution in [0.2, 0.25) is 0 Å². The molecule has 0 bridgehead atoms. The fourth-order valence-corrected chi connectivity index (χ4v) is 3.36. The summed E-state index contributed by atoms with van der Waals surface area (Å²) in [6.07, 6.45) is -1.09. The molecule has 3 N–H and O–H groups in total. The van der Waals surface area contributed by atoms with Gasteiger partial charge >= 0.3 is 24.3 Å². The van der Waals surface area contributed by atoms with Gasteiger partial charge < -0.3 is 29.6 Å².